The first kappa shape index (κ1) is 19.5. The van der Waals surface area contributed by atoms with Gasteiger partial charge in [0, 0.05) is 28.9 Å². The van der Waals surface area contributed by atoms with Crippen molar-refractivity contribution < 1.29 is 23.8 Å². The van der Waals surface area contributed by atoms with E-state index in [1.807, 2.05) is 38.1 Å². The molecule has 6 nitrogen and oxygen atoms in total. The SMILES string of the molecule is C[C@@H]1CN(C(=O)COC(=O)COc2ccc(Cl)c3ccccc23)C[C@@H](C)O1. The third kappa shape index (κ3) is 4.90. The van der Waals surface area contributed by atoms with Crippen LogP contribution in [0, 0.1) is 0 Å². The number of carbonyl (C=O) groups excluding carboxylic acids is 2. The van der Waals surface area contributed by atoms with E-state index < -0.39 is 5.97 Å². The summed E-state index contributed by atoms with van der Waals surface area (Å²) in [5.74, 6) is -0.298. The van der Waals surface area contributed by atoms with E-state index in [1.54, 1.807) is 17.0 Å². The van der Waals surface area contributed by atoms with Gasteiger partial charge in [-0.25, -0.2) is 4.79 Å². The van der Waals surface area contributed by atoms with Crippen LogP contribution in [-0.2, 0) is 19.1 Å². The van der Waals surface area contributed by atoms with E-state index in [4.69, 9.17) is 25.8 Å². The van der Waals surface area contributed by atoms with E-state index >= 15 is 0 Å². The monoisotopic (exact) mass is 391 g/mol. The van der Waals surface area contributed by atoms with Crippen LogP contribution < -0.4 is 4.74 Å². The molecule has 2 aromatic carbocycles. The number of nitrogens with zero attached hydrogens (tertiary/aromatic N) is 1. The number of fused-ring (bicyclic) bond motifs is 1. The Morgan fingerprint density at radius 3 is 2.44 bits per heavy atom. The van der Waals surface area contributed by atoms with Crippen LogP contribution in [0.4, 0.5) is 0 Å². The molecule has 0 aromatic heterocycles. The van der Waals surface area contributed by atoms with Crippen LogP contribution in [0.2, 0.25) is 5.02 Å². The third-order valence-corrected chi connectivity index (χ3v) is 4.63. The van der Waals surface area contributed by atoms with Crippen LogP contribution in [0.15, 0.2) is 36.4 Å². The lowest BCUT2D eigenvalue weighted by Crippen LogP contribution is -2.49. The standard InChI is InChI=1S/C20H22ClNO5/c1-13-9-22(10-14(2)27-13)19(23)11-26-20(24)12-25-18-8-7-17(21)15-5-3-4-6-16(15)18/h3-8,13-14H,9-12H2,1-2H3/t13-,14-/m1/s1. The molecule has 1 amide bonds. The van der Waals surface area contributed by atoms with Gasteiger partial charge in [0.25, 0.3) is 5.91 Å². The van der Waals surface area contributed by atoms with Crippen molar-refractivity contribution in [2.45, 2.75) is 26.1 Å². The molecule has 0 saturated carbocycles. The Balaban J connectivity index is 1.52. The summed E-state index contributed by atoms with van der Waals surface area (Å²) in [5, 5.41) is 2.26. The minimum absolute atomic E-state index is 0.0325. The highest BCUT2D eigenvalue weighted by molar-refractivity contribution is 6.35. The molecule has 2 aromatic rings. The van der Waals surface area contributed by atoms with Crippen LogP contribution in [0.1, 0.15) is 13.8 Å². The van der Waals surface area contributed by atoms with Gasteiger partial charge in [-0.05, 0) is 26.0 Å². The molecule has 3 rings (SSSR count). The summed E-state index contributed by atoms with van der Waals surface area (Å²) in [6, 6.07) is 10.9. The zero-order valence-corrected chi connectivity index (χ0v) is 16.1. The normalized spacial score (nSPS) is 19.7. The molecule has 0 aliphatic carbocycles. The maximum Gasteiger partial charge on any atom is 0.344 e. The van der Waals surface area contributed by atoms with Crippen LogP contribution in [0.3, 0.4) is 0 Å². The minimum Gasteiger partial charge on any atom is -0.481 e. The zero-order valence-electron chi connectivity index (χ0n) is 15.3. The first-order valence-electron chi connectivity index (χ1n) is 8.83. The van der Waals surface area contributed by atoms with Crippen LogP contribution >= 0.6 is 11.6 Å². The molecule has 1 aliphatic rings. The average molecular weight is 392 g/mol. The molecule has 144 valence electrons. The third-order valence-electron chi connectivity index (χ3n) is 4.31. The van der Waals surface area contributed by atoms with Crippen molar-refractivity contribution >= 4 is 34.2 Å². The molecule has 0 unspecified atom stereocenters. The first-order valence-corrected chi connectivity index (χ1v) is 9.20. The molecule has 0 radical (unpaired) electrons. The Morgan fingerprint density at radius 1 is 1.07 bits per heavy atom. The van der Waals surface area contributed by atoms with Gasteiger partial charge in [0.2, 0.25) is 0 Å². The number of morpholine rings is 1. The Morgan fingerprint density at radius 2 is 1.74 bits per heavy atom. The van der Waals surface area contributed by atoms with Crippen molar-refractivity contribution in [1.29, 1.82) is 0 Å². The average Bonchev–Trinajstić information content (AvgIpc) is 2.65. The van der Waals surface area contributed by atoms with Crippen molar-refractivity contribution in [2.75, 3.05) is 26.3 Å². The number of rotatable bonds is 5. The first-order chi connectivity index (χ1) is 12.9. The van der Waals surface area contributed by atoms with Crippen molar-refractivity contribution in [3.63, 3.8) is 0 Å². The maximum absolute atomic E-state index is 12.2. The molecule has 27 heavy (non-hydrogen) atoms. The van der Waals surface area contributed by atoms with Gasteiger partial charge >= 0.3 is 5.97 Å². The van der Waals surface area contributed by atoms with Crippen LogP contribution in [-0.4, -0.2) is 55.3 Å². The smallest absolute Gasteiger partial charge is 0.344 e. The predicted molar refractivity (Wildman–Crippen MR) is 102 cm³/mol. The lowest BCUT2D eigenvalue weighted by molar-refractivity contribution is -0.158. The van der Waals surface area contributed by atoms with Gasteiger partial charge in [-0.15, -0.1) is 0 Å². The highest BCUT2D eigenvalue weighted by Gasteiger charge is 2.26. The molecule has 0 N–H and O–H groups in total. The highest BCUT2D eigenvalue weighted by atomic mass is 35.5. The van der Waals surface area contributed by atoms with Crippen LogP contribution in [0.25, 0.3) is 10.8 Å². The molecular weight excluding hydrogens is 370 g/mol. The number of carbonyl (C=O) groups is 2. The predicted octanol–water partition coefficient (Wildman–Crippen LogP) is 3.05. The Hall–Kier alpha value is -2.31. The van der Waals surface area contributed by atoms with Crippen molar-refractivity contribution in [3.8, 4) is 5.75 Å². The van der Waals surface area contributed by atoms with Gasteiger partial charge < -0.3 is 19.1 Å². The molecule has 1 fully saturated rings. The molecule has 0 bridgehead atoms. The summed E-state index contributed by atoms with van der Waals surface area (Å²) in [4.78, 5) is 25.8. The summed E-state index contributed by atoms with van der Waals surface area (Å²) in [5.41, 5.74) is 0. The number of hydrogen-bond acceptors (Lipinski definition) is 5. The summed E-state index contributed by atoms with van der Waals surface area (Å²) in [6.07, 6.45) is -0.0650. The zero-order chi connectivity index (χ0) is 19.4. The van der Waals surface area contributed by atoms with E-state index in [-0.39, 0.29) is 31.3 Å². The lowest BCUT2D eigenvalue weighted by atomic mass is 10.1. The quantitative estimate of drug-likeness (QED) is 0.733. The Bertz CT molecular complexity index is 830. The number of amides is 1. The second kappa shape index (κ2) is 8.59. The van der Waals surface area contributed by atoms with Gasteiger partial charge in [-0.1, -0.05) is 35.9 Å². The van der Waals surface area contributed by atoms with E-state index in [9.17, 15) is 9.59 Å². The molecule has 1 aliphatic heterocycles. The fraction of sp³-hybridized carbons (Fsp3) is 0.400. The summed E-state index contributed by atoms with van der Waals surface area (Å²) in [7, 11) is 0. The van der Waals surface area contributed by atoms with Gasteiger partial charge in [0.15, 0.2) is 13.2 Å². The van der Waals surface area contributed by atoms with E-state index in [1.165, 1.54) is 0 Å². The number of esters is 1. The molecular formula is C20H22ClNO5. The second-order valence-corrected chi connectivity index (χ2v) is 7.00. The molecule has 1 heterocycles. The minimum atomic E-state index is -0.600. The van der Waals surface area contributed by atoms with Crippen molar-refractivity contribution in [2.24, 2.45) is 0 Å². The fourth-order valence-electron chi connectivity index (χ4n) is 3.15. The van der Waals surface area contributed by atoms with Crippen molar-refractivity contribution in [3.05, 3.63) is 41.4 Å². The van der Waals surface area contributed by atoms with E-state index in [0.29, 0.717) is 23.9 Å². The van der Waals surface area contributed by atoms with Crippen LogP contribution in [0.5, 0.6) is 5.75 Å². The number of ether oxygens (including phenoxy) is 3. The molecule has 7 heteroatoms. The topological polar surface area (TPSA) is 65.1 Å². The summed E-state index contributed by atoms with van der Waals surface area (Å²) >= 11 is 6.17. The maximum atomic E-state index is 12.2. The summed E-state index contributed by atoms with van der Waals surface area (Å²) in [6.45, 7) is 4.22. The molecule has 2 atom stereocenters. The Labute approximate surface area is 162 Å². The molecule has 1 saturated heterocycles. The van der Waals surface area contributed by atoms with Gasteiger partial charge in [-0.3, -0.25) is 4.79 Å². The number of halogens is 1. The number of hydrogen-bond donors (Lipinski definition) is 0. The van der Waals surface area contributed by atoms with Gasteiger partial charge in [0.05, 0.1) is 12.2 Å². The number of benzene rings is 2. The molecule has 0 spiro atoms. The van der Waals surface area contributed by atoms with E-state index in [2.05, 4.69) is 0 Å². The van der Waals surface area contributed by atoms with Crippen molar-refractivity contribution in [1.82, 2.24) is 4.90 Å². The summed E-state index contributed by atoms with van der Waals surface area (Å²) < 4.78 is 16.2. The van der Waals surface area contributed by atoms with Gasteiger partial charge in [0.1, 0.15) is 5.75 Å². The lowest BCUT2D eigenvalue weighted by Gasteiger charge is -2.35. The van der Waals surface area contributed by atoms with Gasteiger partial charge in [-0.2, -0.15) is 0 Å². The van der Waals surface area contributed by atoms with E-state index in [0.717, 1.165) is 10.8 Å². The highest BCUT2D eigenvalue weighted by Crippen LogP contribution is 2.31. The fourth-order valence-corrected chi connectivity index (χ4v) is 3.38. The Kier molecular flexibility index (Phi) is 6.19. The second-order valence-electron chi connectivity index (χ2n) is 6.60. The largest absolute Gasteiger partial charge is 0.481 e.